The van der Waals surface area contributed by atoms with Gasteiger partial charge >= 0.3 is 5.97 Å². The van der Waals surface area contributed by atoms with E-state index < -0.39 is 24.1 Å². The van der Waals surface area contributed by atoms with Crippen molar-refractivity contribution < 1.29 is 25.2 Å². The van der Waals surface area contributed by atoms with E-state index in [1.807, 2.05) is 13.8 Å². The van der Waals surface area contributed by atoms with Crippen molar-refractivity contribution in [2.45, 2.75) is 44.8 Å². The SMILES string of the molecule is CCc1sc2c(c1C)[C@H](C(=O)OO)C[C@@H](O)[C@@H]2O. The third-order valence-electron chi connectivity index (χ3n) is 3.48. The number of carbonyl (C=O) groups excluding carboxylic acids is 1. The van der Waals surface area contributed by atoms with Crippen LogP contribution in [-0.4, -0.2) is 27.5 Å². The molecule has 0 radical (unpaired) electrons. The van der Waals surface area contributed by atoms with Gasteiger partial charge in [0.25, 0.3) is 0 Å². The van der Waals surface area contributed by atoms with Crippen LogP contribution in [0.15, 0.2) is 0 Å². The highest BCUT2D eigenvalue weighted by Gasteiger charge is 2.40. The fourth-order valence-electron chi connectivity index (χ4n) is 2.53. The predicted molar refractivity (Wildman–Crippen MR) is 65.5 cm³/mol. The first-order valence-corrected chi connectivity index (χ1v) is 6.66. The van der Waals surface area contributed by atoms with E-state index in [1.165, 1.54) is 11.3 Å². The number of thiophene rings is 1. The molecule has 0 unspecified atom stereocenters. The van der Waals surface area contributed by atoms with E-state index in [9.17, 15) is 15.0 Å². The number of hydrogen-bond donors (Lipinski definition) is 3. The molecule has 0 spiro atoms. The molecule has 3 N–H and O–H groups in total. The van der Waals surface area contributed by atoms with Crippen LogP contribution in [0.1, 0.15) is 46.2 Å². The molecule has 0 saturated heterocycles. The molecule has 1 aliphatic carbocycles. The number of fused-ring (bicyclic) bond motifs is 1. The molecule has 3 atom stereocenters. The summed E-state index contributed by atoms with van der Waals surface area (Å²) in [6.45, 7) is 3.88. The number of hydrogen-bond acceptors (Lipinski definition) is 6. The van der Waals surface area contributed by atoms with Crippen LogP contribution in [0.5, 0.6) is 0 Å². The quantitative estimate of drug-likeness (QED) is 0.561. The molecule has 1 aromatic rings. The number of carbonyl (C=O) groups is 1. The highest BCUT2D eigenvalue weighted by atomic mass is 32.1. The van der Waals surface area contributed by atoms with Gasteiger partial charge in [0.2, 0.25) is 0 Å². The van der Waals surface area contributed by atoms with Crippen molar-refractivity contribution in [1.82, 2.24) is 0 Å². The molecule has 1 heterocycles. The molecular formula is C12H16O5S. The molecule has 0 aliphatic heterocycles. The molecule has 2 rings (SSSR count). The lowest BCUT2D eigenvalue weighted by Gasteiger charge is -2.28. The standard InChI is InChI=1S/C12H16O5S/c1-3-8-5(2)9-6(12(15)17-16)4-7(13)10(14)11(9)18-8/h6-7,10,13-14,16H,3-4H2,1-2H3/t6-,7-,10+/m1/s1. The van der Waals surface area contributed by atoms with Crippen LogP contribution in [0.2, 0.25) is 0 Å². The van der Waals surface area contributed by atoms with Gasteiger partial charge in [0.1, 0.15) is 6.10 Å². The van der Waals surface area contributed by atoms with Gasteiger partial charge in [0, 0.05) is 9.75 Å². The van der Waals surface area contributed by atoms with Gasteiger partial charge in [-0.3, -0.25) is 0 Å². The summed E-state index contributed by atoms with van der Waals surface area (Å²) in [6, 6.07) is 0. The van der Waals surface area contributed by atoms with E-state index >= 15 is 0 Å². The first-order valence-electron chi connectivity index (χ1n) is 5.84. The van der Waals surface area contributed by atoms with Crippen molar-refractivity contribution >= 4 is 17.3 Å². The van der Waals surface area contributed by atoms with Gasteiger partial charge in [-0.05, 0) is 30.9 Å². The maximum absolute atomic E-state index is 11.6. The van der Waals surface area contributed by atoms with Crippen LogP contribution in [0.4, 0.5) is 0 Å². The first-order chi connectivity index (χ1) is 8.51. The number of aryl methyl sites for hydroxylation is 1. The molecule has 18 heavy (non-hydrogen) atoms. The van der Waals surface area contributed by atoms with E-state index in [0.29, 0.717) is 10.4 Å². The van der Waals surface area contributed by atoms with Crippen LogP contribution in [-0.2, 0) is 16.1 Å². The largest absolute Gasteiger partial charge is 0.390 e. The Morgan fingerprint density at radius 1 is 1.50 bits per heavy atom. The second-order valence-corrected chi connectivity index (χ2v) is 5.63. The lowest BCUT2D eigenvalue weighted by atomic mass is 9.82. The summed E-state index contributed by atoms with van der Waals surface area (Å²) in [5, 5.41) is 28.3. The lowest BCUT2D eigenvalue weighted by molar-refractivity contribution is -0.237. The van der Waals surface area contributed by atoms with Crippen LogP contribution in [0.25, 0.3) is 0 Å². The van der Waals surface area contributed by atoms with Crippen molar-refractivity contribution in [3.63, 3.8) is 0 Å². The van der Waals surface area contributed by atoms with E-state index in [4.69, 9.17) is 5.26 Å². The zero-order chi connectivity index (χ0) is 13.4. The highest BCUT2D eigenvalue weighted by Crippen LogP contribution is 2.45. The normalized spacial score (nSPS) is 26.8. The summed E-state index contributed by atoms with van der Waals surface area (Å²) in [4.78, 5) is 17.1. The molecule has 1 aromatic heterocycles. The Balaban J connectivity index is 2.54. The summed E-state index contributed by atoms with van der Waals surface area (Å²) < 4.78 is 0. The smallest absolute Gasteiger partial charge is 0.349 e. The molecule has 0 fully saturated rings. The van der Waals surface area contributed by atoms with Gasteiger partial charge < -0.3 is 15.1 Å². The Bertz CT molecular complexity index is 467. The van der Waals surface area contributed by atoms with Crippen LogP contribution >= 0.6 is 11.3 Å². The number of aliphatic hydroxyl groups excluding tert-OH is 2. The fourth-order valence-corrected chi connectivity index (χ4v) is 3.89. The van der Waals surface area contributed by atoms with Crippen molar-refractivity contribution in [3.05, 3.63) is 20.9 Å². The average Bonchev–Trinajstić information content (AvgIpc) is 2.70. The van der Waals surface area contributed by atoms with E-state index in [-0.39, 0.29) is 6.42 Å². The van der Waals surface area contributed by atoms with E-state index in [0.717, 1.165) is 16.9 Å². The van der Waals surface area contributed by atoms with Crippen molar-refractivity contribution in [1.29, 1.82) is 0 Å². The van der Waals surface area contributed by atoms with Crippen molar-refractivity contribution in [2.75, 3.05) is 0 Å². The molecule has 0 saturated carbocycles. The summed E-state index contributed by atoms with van der Waals surface area (Å²) in [5.74, 6) is -1.49. The zero-order valence-electron chi connectivity index (χ0n) is 10.2. The molecule has 0 bridgehead atoms. The van der Waals surface area contributed by atoms with Gasteiger partial charge in [-0.1, -0.05) is 6.92 Å². The molecule has 0 amide bonds. The topological polar surface area (TPSA) is 87.0 Å². The summed E-state index contributed by atoms with van der Waals surface area (Å²) in [6.07, 6.45) is -1.11. The Labute approximate surface area is 109 Å². The van der Waals surface area contributed by atoms with E-state index in [1.54, 1.807) is 0 Å². The molecule has 1 aliphatic rings. The Morgan fingerprint density at radius 3 is 2.72 bits per heavy atom. The Hall–Kier alpha value is -0.950. The first kappa shape index (κ1) is 13.5. The summed E-state index contributed by atoms with van der Waals surface area (Å²) in [7, 11) is 0. The maximum atomic E-state index is 11.6. The minimum Gasteiger partial charge on any atom is -0.390 e. The van der Waals surface area contributed by atoms with E-state index in [2.05, 4.69) is 4.89 Å². The second kappa shape index (κ2) is 4.97. The van der Waals surface area contributed by atoms with Crippen LogP contribution in [0.3, 0.4) is 0 Å². The molecule has 5 nitrogen and oxygen atoms in total. The third-order valence-corrected chi connectivity index (χ3v) is 5.00. The predicted octanol–water partition coefficient (Wildman–Crippen LogP) is 1.52. The minimum absolute atomic E-state index is 0.0638. The molecule has 0 aromatic carbocycles. The highest BCUT2D eigenvalue weighted by molar-refractivity contribution is 7.12. The zero-order valence-corrected chi connectivity index (χ0v) is 11.0. The average molecular weight is 272 g/mol. The van der Waals surface area contributed by atoms with Crippen molar-refractivity contribution in [3.8, 4) is 0 Å². The Morgan fingerprint density at radius 2 is 2.17 bits per heavy atom. The van der Waals surface area contributed by atoms with Crippen LogP contribution in [0, 0.1) is 6.92 Å². The maximum Gasteiger partial charge on any atom is 0.349 e. The van der Waals surface area contributed by atoms with Crippen molar-refractivity contribution in [2.24, 2.45) is 0 Å². The third kappa shape index (κ3) is 1.95. The Kier molecular flexibility index (Phi) is 3.72. The lowest BCUT2D eigenvalue weighted by Crippen LogP contribution is -2.31. The molecule has 100 valence electrons. The van der Waals surface area contributed by atoms with Gasteiger partial charge in [-0.25, -0.2) is 4.79 Å². The molecule has 6 heteroatoms. The number of aliphatic hydroxyl groups is 2. The minimum atomic E-state index is -1.01. The van der Waals surface area contributed by atoms with Gasteiger partial charge in [0.05, 0.1) is 12.0 Å². The monoisotopic (exact) mass is 272 g/mol. The molecular weight excluding hydrogens is 256 g/mol. The van der Waals surface area contributed by atoms with Crippen LogP contribution < -0.4 is 0 Å². The van der Waals surface area contributed by atoms with Gasteiger partial charge in [-0.2, -0.15) is 5.26 Å². The number of rotatable bonds is 2. The summed E-state index contributed by atoms with van der Waals surface area (Å²) >= 11 is 1.41. The second-order valence-electron chi connectivity index (χ2n) is 4.49. The van der Waals surface area contributed by atoms with Gasteiger partial charge in [0.15, 0.2) is 0 Å². The fraction of sp³-hybridized carbons (Fsp3) is 0.583. The van der Waals surface area contributed by atoms with Gasteiger partial charge in [-0.15, -0.1) is 11.3 Å². The summed E-state index contributed by atoms with van der Waals surface area (Å²) in [5.41, 5.74) is 1.65.